The number of aromatic nitrogens is 2. The molecule has 3 rings (SSSR count). The number of carbonyl (C=O) groups excluding carboxylic acids is 1. The van der Waals surface area contributed by atoms with Crippen LogP contribution >= 0.6 is 0 Å². The van der Waals surface area contributed by atoms with Crippen molar-refractivity contribution in [3.05, 3.63) is 48.3 Å². The highest BCUT2D eigenvalue weighted by molar-refractivity contribution is 5.81. The molecule has 0 spiro atoms. The lowest BCUT2D eigenvalue weighted by atomic mass is 9.98. The van der Waals surface area contributed by atoms with Crippen LogP contribution in [0.2, 0.25) is 0 Å². The Bertz CT molecular complexity index is 772. The van der Waals surface area contributed by atoms with E-state index in [2.05, 4.69) is 20.3 Å². The number of hydrogen-bond donors (Lipinski definition) is 1. The molecule has 1 aromatic carbocycles. The number of nitrogens with zero attached hydrogens (tertiary/aromatic N) is 4. The second kappa shape index (κ2) is 9.21. The lowest BCUT2D eigenvalue weighted by Crippen LogP contribution is -2.48. The van der Waals surface area contributed by atoms with Gasteiger partial charge in [-0.15, -0.1) is 0 Å². The molecule has 0 aliphatic carbocycles. The number of guanidine groups is 1. The molecule has 2 heterocycles. The molecule has 7 heteroatoms. The lowest BCUT2D eigenvalue weighted by molar-refractivity contribution is -0.149. The van der Waals surface area contributed by atoms with E-state index in [1.165, 1.54) is 0 Å². The van der Waals surface area contributed by atoms with Gasteiger partial charge >= 0.3 is 5.97 Å². The minimum Gasteiger partial charge on any atom is -0.466 e. The van der Waals surface area contributed by atoms with Crippen LogP contribution in [-0.2, 0) is 16.1 Å². The maximum absolute atomic E-state index is 12.1. The third-order valence-electron chi connectivity index (χ3n) is 4.66. The van der Waals surface area contributed by atoms with Crippen molar-refractivity contribution in [2.45, 2.75) is 26.3 Å². The summed E-state index contributed by atoms with van der Waals surface area (Å²) in [5, 5.41) is 7.80. The van der Waals surface area contributed by atoms with Crippen molar-refractivity contribution >= 4 is 11.9 Å². The van der Waals surface area contributed by atoms with Crippen LogP contribution in [0.15, 0.2) is 47.7 Å². The molecule has 0 amide bonds. The standard InChI is InChI=1S/C20H27N5O2/c1-3-27-19(26)17-8-7-11-24(15-17)20(21-2)22-12-16-13-23-25(14-16)18-9-5-4-6-10-18/h4-6,9-10,13-14,17H,3,7-8,11-12,15H2,1-2H3,(H,21,22). The van der Waals surface area contributed by atoms with Gasteiger partial charge in [-0.05, 0) is 31.9 Å². The molecule has 27 heavy (non-hydrogen) atoms. The van der Waals surface area contributed by atoms with Crippen molar-refractivity contribution in [3.63, 3.8) is 0 Å². The van der Waals surface area contributed by atoms with Crippen LogP contribution in [-0.4, -0.2) is 53.4 Å². The Morgan fingerprint density at radius 1 is 1.37 bits per heavy atom. The van der Waals surface area contributed by atoms with Gasteiger partial charge in [-0.3, -0.25) is 9.79 Å². The summed E-state index contributed by atoms with van der Waals surface area (Å²) in [6.45, 7) is 4.42. The number of rotatable bonds is 5. The van der Waals surface area contributed by atoms with Crippen LogP contribution in [0.1, 0.15) is 25.3 Å². The molecule has 1 saturated heterocycles. The highest BCUT2D eigenvalue weighted by atomic mass is 16.5. The van der Waals surface area contributed by atoms with Gasteiger partial charge in [0, 0.05) is 38.4 Å². The minimum atomic E-state index is -0.109. The number of benzene rings is 1. The third kappa shape index (κ3) is 4.87. The van der Waals surface area contributed by atoms with Gasteiger partial charge in [-0.25, -0.2) is 4.68 Å². The number of esters is 1. The zero-order chi connectivity index (χ0) is 19.1. The van der Waals surface area contributed by atoms with E-state index in [4.69, 9.17) is 4.74 Å². The Balaban J connectivity index is 1.58. The topological polar surface area (TPSA) is 71.8 Å². The van der Waals surface area contributed by atoms with Crippen molar-refractivity contribution in [3.8, 4) is 5.69 Å². The largest absolute Gasteiger partial charge is 0.466 e. The van der Waals surface area contributed by atoms with Crippen LogP contribution in [0, 0.1) is 5.92 Å². The van der Waals surface area contributed by atoms with E-state index in [1.54, 1.807) is 7.05 Å². The van der Waals surface area contributed by atoms with Gasteiger partial charge in [0.05, 0.1) is 24.4 Å². The van der Waals surface area contributed by atoms with Crippen molar-refractivity contribution in [2.24, 2.45) is 10.9 Å². The van der Waals surface area contributed by atoms with E-state index in [-0.39, 0.29) is 11.9 Å². The SMILES string of the molecule is CCOC(=O)C1CCCN(C(=NC)NCc2cnn(-c3ccccc3)c2)C1. The van der Waals surface area contributed by atoms with Crippen LogP contribution in [0.5, 0.6) is 0 Å². The fourth-order valence-electron chi connectivity index (χ4n) is 3.31. The number of hydrogen-bond acceptors (Lipinski definition) is 4. The third-order valence-corrected chi connectivity index (χ3v) is 4.66. The van der Waals surface area contributed by atoms with E-state index in [9.17, 15) is 4.79 Å². The maximum Gasteiger partial charge on any atom is 0.310 e. The number of likely N-dealkylation sites (tertiary alicyclic amines) is 1. The predicted octanol–water partition coefficient (Wildman–Crippen LogP) is 2.22. The van der Waals surface area contributed by atoms with Crippen molar-refractivity contribution in [2.75, 3.05) is 26.7 Å². The molecule has 0 radical (unpaired) electrons. The fraction of sp³-hybridized carbons (Fsp3) is 0.450. The zero-order valence-corrected chi connectivity index (χ0v) is 16.0. The number of ether oxygens (including phenoxy) is 1. The van der Waals surface area contributed by atoms with Crippen molar-refractivity contribution in [1.82, 2.24) is 20.0 Å². The van der Waals surface area contributed by atoms with Gasteiger partial charge in [0.25, 0.3) is 0 Å². The molecular formula is C20H27N5O2. The van der Waals surface area contributed by atoms with E-state index in [1.807, 2.05) is 54.3 Å². The number of carbonyl (C=O) groups is 1. The maximum atomic E-state index is 12.1. The minimum absolute atomic E-state index is 0.0851. The molecule has 1 atom stereocenters. The molecule has 0 saturated carbocycles. The smallest absolute Gasteiger partial charge is 0.310 e. The first-order chi connectivity index (χ1) is 13.2. The van der Waals surface area contributed by atoms with Gasteiger partial charge in [0.2, 0.25) is 0 Å². The first-order valence-corrected chi connectivity index (χ1v) is 9.42. The molecule has 144 valence electrons. The molecule has 2 aromatic rings. The number of nitrogens with one attached hydrogen (secondary N) is 1. The molecular weight excluding hydrogens is 342 g/mol. The molecule has 1 aliphatic heterocycles. The average molecular weight is 369 g/mol. The van der Waals surface area contributed by atoms with E-state index in [0.29, 0.717) is 19.7 Å². The zero-order valence-electron chi connectivity index (χ0n) is 16.0. The van der Waals surface area contributed by atoms with Crippen LogP contribution in [0.4, 0.5) is 0 Å². The summed E-state index contributed by atoms with van der Waals surface area (Å²) >= 11 is 0. The molecule has 7 nitrogen and oxygen atoms in total. The Morgan fingerprint density at radius 2 is 2.19 bits per heavy atom. The Morgan fingerprint density at radius 3 is 2.93 bits per heavy atom. The second-order valence-electron chi connectivity index (χ2n) is 6.57. The Labute approximate surface area is 160 Å². The van der Waals surface area contributed by atoms with Gasteiger partial charge in [-0.2, -0.15) is 5.10 Å². The highest BCUT2D eigenvalue weighted by Gasteiger charge is 2.28. The highest BCUT2D eigenvalue weighted by Crippen LogP contribution is 2.18. The number of piperidine rings is 1. The summed E-state index contributed by atoms with van der Waals surface area (Å²) in [6, 6.07) is 10.0. The lowest BCUT2D eigenvalue weighted by Gasteiger charge is -2.33. The molecule has 0 bridgehead atoms. The molecule has 1 aromatic heterocycles. The summed E-state index contributed by atoms with van der Waals surface area (Å²) in [6.07, 6.45) is 5.68. The summed E-state index contributed by atoms with van der Waals surface area (Å²) in [5.74, 6) is 0.608. The van der Waals surface area contributed by atoms with Crippen LogP contribution < -0.4 is 5.32 Å². The van der Waals surface area contributed by atoms with Gasteiger partial charge in [-0.1, -0.05) is 18.2 Å². The monoisotopic (exact) mass is 369 g/mol. The summed E-state index contributed by atoms with van der Waals surface area (Å²) in [5.41, 5.74) is 2.10. The normalized spacial score (nSPS) is 17.6. The van der Waals surface area contributed by atoms with Crippen molar-refractivity contribution in [1.29, 1.82) is 0 Å². The average Bonchev–Trinajstić information content (AvgIpc) is 3.19. The van der Waals surface area contributed by atoms with E-state index < -0.39 is 0 Å². The first kappa shape index (κ1) is 18.9. The summed E-state index contributed by atoms with van der Waals surface area (Å²) in [4.78, 5) is 18.6. The predicted molar refractivity (Wildman–Crippen MR) is 105 cm³/mol. The second-order valence-corrected chi connectivity index (χ2v) is 6.57. The van der Waals surface area contributed by atoms with Gasteiger partial charge < -0.3 is 15.0 Å². The molecule has 1 N–H and O–H groups in total. The van der Waals surface area contributed by atoms with E-state index >= 15 is 0 Å². The number of aliphatic imine (C=N–C) groups is 1. The van der Waals surface area contributed by atoms with Crippen LogP contribution in [0.25, 0.3) is 5.69 Å². The fourth-order valence-corrected chi connectivity index (χ4v) is 3.31. The Kier molecular flexibility index (Phi) is 6.46. The molecule has 1 unspecified atom stereocenters. The van der Waals surface area contributed by atoms with E-state index in [0.717, 1.165) is 36.6 Å². The molecule has 1 aliphatic rings. The Hall–Kier alpha value is -2.83. The van der Waals surface area contributed by atoms with Crippen LogP contribution in [0.3, 0.4) is 0 Å². The van der Waals surface area contributed by atoms with Gasteiger partial charge in [0.15, 0.2) is 5.96 Å². The first-order valence-electron chi connectivity index (χ1n) is 9.42. The van der Waals surface area contributed by atoms with Gasteiger partial charge in [0.1, 0.15) is 0 Å². The van der Waals surface area contributed by atoms with Crippen molar-refractivity contribution < 1.29 is 9.53 Å². The quantitative estimate of drug-likeness (QED) is 0.497. The number of para-hydroxylation sites is 1. The summed E-state index contributed by atoms with van der Waals surface area (Å²) in [7, 11) is 1.77. The summed E-state index contributed by atoms with van der Waals surface area (Å²) < 4.78 is 7.04. The molecule has 1 fully saturated rings.